The first-order valence-corrected chi connectivity index (χ1v) is 5.34. The van der Waals surface area contributed by atoms with Gasteiger partial charge in [-0.1, -0.05) is 39.0 Å². The van der Waals surface area contributed by atoms with E-state index in [4.69, 9.17) is 4.74 Å². The van der Waals surface area contributed by atoms with E-state index in [1.165, 1.54) is 0 Å². The highest BCUT2D eigenvalue weighted by molar-refractivity contribution is 5.69. The maximum Gasteiger partial charge on any atom is 0.305 e. The lowest BCUT2D eigenvalue weighted by Crippen LogP contribution is -2.05. The van der Waals surface area contributed by atoms with E-state index in [1.54, 1.807) is 6.92 Å². The van der Waals surface area contributed by atoms with Crippen molar-refractivity contribution in [1.82, 2.24) is 0 Å². The Morgan fingerprint density at radius 3 is 2.71 bits per heavy atom. The van der Waals surface area contributed by atoms with Gasteiger partial charge in [0.15, 0.2) is 0 Å². The Labute approximate surface area is 88.1 Å². The van der Waals surface area contributed by atoms with E-state index in [2.05, 4.69) is 12.2 Å². The number of hydrogen-bond acceptors (Lipinski definition) is 2. The molecule has 82 valence electrons. The quantitative estimate of drug-likeness (QED) is 0.649. The number of carbonyl (C=O) groups excluding carboxylic acids is 1. The molecule has 0 atom stereocenters. The lowest BCUT2D eigenvalue weighted by molar-refractivity contribution is -0.142. The summed E-state index contributed by atoms with van der Waals surface area (Å²) in [6.07, 6.45) is 8.86. The van der Waals surface area contributed by atoms with Gasteiger partial charge in [0.05, 0.1) is 0 Å². The topological polar surface area (TPSA) is 26.3 Å². The Morgan fingerprint density at radius 1 is 1.50 bits per heavy atom. The van der Waals surface area contributed by atoms with Crippen LogP contribution in [0.3, 0.4) is 0 Å². The molecule has 0 saturated carbocycles. The summed E-state index contributed by atoms with van der Waals surface area (Å²) in [4.78, 5) is 10.8. The molecule has 0 aromatic heterocycles. The SMILES string of the molecule is CC.CCC(=O)OCC1=CCCC=C1.[HH]. The van der Waals surface area contributed by atoms with Gasteiger partial charge in [0, 0.05) is 7.85 Å². The first-order valence-electron chi connectivity index (χ1n) is 5.34. The van der Waals surface area contributed by atoms with Gasteiger partial charge in [0.25, 0.3) is 0 Å². The van der Waals surface area contributed by atoms with Crippen LogP contribution in [0.4, 0.5) is 0 Å². The van der Waals surface area contributed by atoms with Gasteiger partial charge in [-0.15, -0.1) is 0 Å². The predicted molar refractivity (Wildman–Crippen MR) is 61.2 cm³/mol. The largest absolute Gasteiger partial charge is 0.461 e. The molecule has 1 aliphatic rings. The Morgan fingerprint density at radius 2 is 2.21 bits per heavy atom. The van der Waals surface area contributed by atoms with Crippen LogP contribution in [0.2, 0.25) is 0 Å². The molecular formula is C12H22O2. The van der Waals surface area contributed by atoms with Crippen LogP contribution >= 0.6 is 0 Å². The lowest BCUT2D eigenvalue weighted by Gasteiger charge is -2.06. The molecule has 1 rings (SSSR count). The molecule has 0 radical (unpaired) electrons. The molecule has 0 aliphatic heterocycles. The average Bonchev–Trinajstić information content (AvgIpc) is 2.30. The summed E-state index contributed by atoms with van der Waals surface area (Å²) in [6, 6.07) is 0. The van der Waals surface area contributed by atoms with Crippen molar-refractivity contribution in [3.05, 3.63) is 23.8 Å². The zero-order valence-corrected chi connectivity index (χ0v) is 9.38. The van der Waals surface area contributed by atoms with Crippen LogP contribution in [0, 0.1) is 0 Å². The Hall–Kier alpha value is -1.05. The van der Waals surface area contributed by atoms with E-state index < -0.39 is 0 Å². The standard InChI is InChI=1S/C10H14O2.C2H6.H2/c1-2-10(11)12-8-9-6-4-3-5-7-9;1-2;/h4,6-7H,2-3,5,8H2,1H3;1-2H3;1H. The van der Waals surface area contributed by atoms with Gasteiger partial charge in [0.2, 0.25) is 0 Å². The van der Waals surface area contributed by atoms with Gasteiger partial charge in [-0.05, 0) is 18.4 Å². The minimum Gasteiger partial charge on any atom is -0.461 e. The van der Waals surface area contributed by atoms with Crippen molar-refractivity contribution in [2.24, 2.45) is 0 Å². The zero-order valence-electron chi connectivity index (χ0n) is 9.38. The van der Waals surface area contributed by atoms with Crippen molar-refractivity contribution >= 4 is 5.97 Å². The second-order valence-electron chi connectivity index (χ2n) is 2.77. The minimum atomic E-state index is -0.130. The molecule has 0 fully saturated rings. The summed E-state index contributed by atoms with van der Waals surface area (Å²) in [7, 11) is 0. The third kappa shape index (κ3) is 5.57. The lowest BCUT2D eigenvalue weighted by atomic mass is 10.1. The molecule has 0 spiro atoms. The smallest absolute Gasteiger partial charge is 0.305 e. The van der Waals surface area contributed by atoms with Crippen LogP contribution in [0.1, 0.15) is 41.5 Å². The van der Waals surface area contributed by atoms with Gasteiger partial charge >= 0.3 is 5.97 Å². The summed E-state index contributed by atoms with van der Waals surface area (Å²) in [5.74, 6) is -0.130. The molecule has 0 N–H and O–H groups in total. The van der Waals surface area contributed by atoms with Gasteiger partial charge in [-0.25, -0.2) is 0 Å². The molecule has 0 aromatic rings. The van der Waals surface area contributed by atoms with Crippen molar-refractivity contribution in [1.29, 1.82) is 0 Å². The van der Waals surface area contributed by atoms with E-state index >= 15 is 0 Å². The highest BCUT2D eigenvalue weighted by Crippen LogP contribution is 2.09. The fourth-order valence-corrected chi connectivity index (χ4v) is 1.04. The van der Waals surface area contributed by atoms with Crippen molar-refractivity contribution in [3.63, 3.8) is 0 Å². The number of hydrogen-bond donors (Lipinski definition) is 0. The molecule has 0 aromatic carbocycles. The summed E-state index contributed by atoms with van der Waals surface area (Å²) in [5, 5.41) is 0. The maximum absolute atomic E-state index is 10.8. The minimum absolute atomic E-state index is 0. The third-order valence-electron chi connectivity index (χ3n) is 1.76. The first-order chi connectivity index (χ1) is 6.83. The van der Waals surface area contributed by atoms with Crippen LogP contribution < -0.4 is 0 Å². The van der Waals surface area contributed by atoms with Crippen molar-refractivity contribution in [3.8, 4) is 0 Å². The monoisotopic (exact) mass is 198 g/mol. The Balaban J connectivity index is 0. The van der Waals surface area contributed by atoms with Gasteiger partial charge < -0.3 is 4.74 Å². The molecule has 0 unspecified atom stereocenters. The Bertz CT molecular complexity index is 220. The van der Waals surface area contributed by atoms with Gasteiger partial charge in [-0.2, -0.15) is 0 Å². The van der Waals surface area contributed by atoms with Crippen LogP contribution in [0.5, 0.6) is 0 Å². The van der Waals surface area contributed by atoms with Gasteiger partial charge in [0.1, 0.15) is 6.61 Å². The van der Waals surface area contributed by atoms with Crippen molar-refractivity contribution in [2.75, 3.05) is 6.61 Å². The van der Waals surface area contributed by atoms with Crippen LogP contribution in [0.25, 0.3) is 0 Å². The number of esters is 1. The summed E-state index contributed by atoms with van der Waals surface area (Å²) in [5.41, 5.74) is 1.11. The summed E-state index contributed by atoms with van der Waals surface area (Å²) in [6.45, 7) is 6.23. The van der Waals surface area contributed by atoms with E-state index in [0.717, 1.165) is 18.4 Å². The van der Waals surface area contributed by atoms with Gasteiger partial charge in [-0.3, -0.25) is 4.79 Å². The number of ether oxygens (including phenoxy) is 1. The average molecular weight is 198 g/mol. The van der Waals surface area contributed by atoms with Crippen molar-refractivity contribution < 1.29 is 11.0 Å². The van der Waals surface area contributed by atoms with Crippen LogP contribution in [-0.2, 0) is 9.53 Å². The maximum atomic E-state index is 10.8. The fraction of sp³-hybridized carbons (Fsp3) is 0.583. The highest BCUT2D eigenvalue weighted by atomic mass is 16.5. The van der Waals surface area contributed by atoms with E-state index in [-0.39, 0.29) is 7.40 Å². The molecule has 1 aliphatic carbocycles. The molecule has 0 heterocycles. The molecule has 14 heavy (non-hydrogen) atoms. The second kappa shape index (κ2) is 8.54. The molecular weight excluding hydrogens is 176 g/mol. The first kappa shape index (κ1) is 12.9. The third-order valence-corrected chi connectivity index (χ3v) is 1.76. The van der Waals surface area contributed by atoms with E-state index in [1.807, 2.05) is 19.9 Å². The molecule has 0 bridgehead atoms. The second-order valence-corrected chi connectivity index (χ2v) is 2.77. The predicted octanol–water partition coefficient (Wildman–Crippen LogP) is 3.49. The number of allylic oxidation sites excluding steroid dienone is 2. The van der Waals surface area contributed by atoms with E-state index in [0.29, 0.717) is 13.0 Å². The highest BCUT2D eigenvalue weighted by Gasteiger charge is 2.01. The summed E-state index contributed by atoms with van der Waals surface area (Å²) < 4.78 is 4.97. The molecule has 2 heteroatoms. The fourth-order valence-electron chi connectivity index (χ4n) is 1.04. The van der Waals surface area contributed by atoms with Crippen LogP contribution in [0.15, 0.2) is 23.8 Å². The molecule has 0 amide bonds. The van der Waals surface area contributed by atoms with Crippen molar-refractivity contribution in [2.45, 2.75) is 40.0 Å². The molecule has 0 saturated heterocycles. The Kier molecular flexibility index (Phi) is 7.90. The summed E-state index contributed by atoms with van der Waals surface area (Å²) >= 11 is 0. The number of rotatable bonds is 3. The van der Waals surface area contributed by atoms with Crippen LogP contribution in [-0.4, -0.2) is 12.6 Å². The number of carbonyl (C=O) groups is 1. The normalized spacial score (nSPS) is 13.8. The van der Waals surface area contributed by atoms with E-state index in [9.17, 15) is 4.79 Å². The zero-order chi connectivity index (χ0) is 10.8. The molecule has 2 nitrogen and oxygen atoms in total.